The van der Waals surface area contributed by atoms with Crippen molar-refractivity contribution in [2.45, 2.75) is 157 Å². The molecule has 0 aromatic heterocycles. The molecule has 2 N–H and O–H groups in total. The number of ether oxygens (including phenoxy) is 3. The smallest absolute Gasteiger partial charge is 0.410 e. The Morgan fingerprint density at radius 1 is 0.863 bits per heavy atom. The SMILES string of the molecule is CC(=O)O[C@H]1CC[C@@]2(C)C(=CC[C@H]3[C@@H]4CC[C@H](C(C)C(=O)NCCCN(CCCCNC(=O)OC(C)(C)C)C(=O)OC(C)(C)C)[C@@]4(C)CC[C@@H]32)C1. The number of amides is 3. The Morgan fingerprint density at radius 2 is 1.53 bits per heavy atom. The Balaban J connectivity index is 1.27. The molecule has 4 aliphatic carbocycles. The molecular weight excluding hydrogens is 646 g/mol. The second kappa shape index (κ2) is 16.5. The molecule has 0 aromatic rings. The number of nitrogens with one attached hydrogen (secondary N) is 2. The first-order valence-electron chi connectivity index (χ1n) is 19.8. The third-order valence-electron chi connectivity index (χ3n) is 12.6. The number of esters is 1. The molecule has 51 heavy (non-hydrogen) atoms. The molecular formula is C41H69N3O7. The van der Waals surface area contributed by atoms with Gasteiger partial charge in [0.15, 0.2) is 0 Å². The van der Waals surface area contributed by atoms with Crippen molar-refractivity contribution >= 4 is 24.1 Å². The zero-order valence-electron chi connectivity index (χ0n) is 33.5. The van der Waals surface area contributed by atoms with Crippen molar-refractivity contribution in [3.8, 4) is 0 Å². The molecule has 0 heterocycles. The average molecular weight is 716 g/mol. The van der Waals surface area contributed by atoms with Gasteiger partial charge < -0.3 is 29.7 Å². The summed E-state index contributed by atoms with van der Waals surface area (Å²) >= 11 is 0. The van der Waals surface area contributed by atoms with Gasteiger partial charge in [0, 0.05) is 45.4 Å². The number of hydrogen-bond donors (Lipinski definition) is 2. The molecule has 0 aliphatic heterocycles. The number of rotatable bonds is 12. The molecule has 10 heteroatoms. The highest BCUT2D eigenvalue weighted by molar-refractivity contribution is 5.78. The summed E-state index contributed by atoms with van der Waals surface area (Å²) < 4.78 is 16.6. The molecule has 0 radical (unpaired) electrons. The second-order valence-corrected chi connectivity index (χ2v) is 18.5. The average Bonchev–Trinajstić information content (AvgIpc) is 3.36. The molecule has 0 saturated heterocycles. The van der Waals surface area contributed by atoms with Crippen LogP contribution in [0.15, 0.2) is 11.6 Å². The maximum atomic E-state index is 13.6. The van der Waals surface area contributed by atoms with Crippen LogP contribution in [0, 0.1) is 40.4 Å². The van der Waals surface area contributed by atoms with E-state index in [1.54, 1.807) is 4.90 Å². The van der Waals surface area contributed by atoms with Crippen LogP contribution in [0.3, 0.4) is 0 Å². The highest BCUT2D eigenvalue weighted by Crippen LogP contribution is 2.67. The van der Waals surface area contributed by atoms with E-state index in [1.165, 1.54) is 25.3 Å². The van der Waals surface area contributed by atoms with Crippen molar-refractivity contribution < 1.29 is 33.4 Å². The lowest BCUT2D eigenvalue weighted by atomic mass is 9.47. The van der Waals surface area contributed by atoms with E-state index in [0.717, 1.165) is 38.5 Å². The molecule has 290 valence electrons. The highest BCUT2D eigenvalue weighted by Gasteiger charge is 2.59. The van der Waals surface area contributed by atoms with E-state index in [2.05, 4.69) is 37.5 Å². The summed E-state index contributed by atoms with van der Waals surface area (Å²) in [5.41, 5.74) is 0.692. The van der Waals surface area contributed by atoms with Crippen molar-refractivity contribution in [1.29, 1.82) is 0 Å². The lowest BCUT2D eigenvalue weighted by Crippen LogP contribution is -2.51. The van der Waals surface area contributed by atoms with Gasteiger partial charge in [0.25, 0.3) is 0 Å². The monoisotopic (exact) mass is 716 g/mol. The summed E-state index contributed by atoms with van der Waals surface area (Å²) in [6.07, 6.45) is 12.4. The fraction of sp³-hybridized carbons (Fsp3) is 0.854. The van der Waals surface area contributed by atoms with Gasteiger partial charge in [-0.15, -0.1) is 0 Å². The summed E-state index contributed by atoms with van der Waals surface area (Å²) in [6.45, 7) is 21.6. The standard InChI is InChI=1S/C41H69N3O7/c1-27(35(46)42-23-13-25-44(37(48)51-39(6,7)8)24-12-11-22-43-36(47)50-38(3,4)5)32-16-17-33-31-15-14-29-26-30(49-28(2)45)18-20-40(29,9)34(31)19-21-41(32,33)10/h14,27,30-34H,11-13,15-26H2,1-10H3,(H,42,46)(H,43,47)/t27?,30-,31-,32+,33-,34-,40-,41+/m0/s1. The van der Waals surface area contributed by atoms with Crippen molar-refractivity contribution in [3.05, 3.63) is 11.6 Å². The zero-order chi connectivity index (χ0) is 37.8. The van der Waals surface area contributed by atoms with Gasteiger partial charge in [-0.1, -0.05) is 32.4 Å². The Bertz CT molecular complexity index is 1280. The van der Waals surface area contributed by atoms with Gasteiger partial charge in [-0.3, -0.25) is 9.59 Å². The van der Waals surface area contributed by atoms with Gasteiger partial charge in [-0.25, -0.2) is 9.59 Å². The minimum Gasteiger partial charge on any atom is -0.462 e. The molecule has 0 bridgehead atoms. The topological polar surface area (TPSA) is 123 Å². The maximum absolute atomic E-state index is 13.6. The quantitative estimate of drug-likeness (QED) is 0.0904. The van der Waals surface area contributed by atoms with Gasteiger partial charge in [0.1, 0.15) is 17.3 Å². The number of hydrogen-bond acceptors (Lipinski definition) is 7. The summed E-state index contributed by atoms with van der Waals surface area (Å²) in [5, 5.41) is 5.99. The lowest BCUT2D eigenvalue weighted by Gasteiger charge is -2.58. The molecule has 3 saturated carbocycles. The van der Waals surface area contributed by atoms with Crippen LogP contribution in [0.5, 0.6) is 0 Å². The third kappa shape index (κ3) is 10.4. The molecule has 10 nitrogen and oxygen atoms in total. The van der Waals surface area contributed by atoms with Gasteiger partial charge in [-0.05, 0) is 140 Å². The largest absolute Gasteiger partial charge is 0.462 e. The van der Waals surface area contributed by atoms with E-state index >= 15 is 0 Å². The molecule has 0 aromatic carbocycles. The summed E-state index contributed by atoms with van der Waals surface area (Å²) in [4.78, 5) is 51.9. The lowest BCUT2D eigenvalue weighted by molar-refractivity contribution is -0.148. The van der Waals surface area contributed by atoms with E-state index in [4.69, 9.17) is 14.2 Å². The first-order chi connectivity index (χ1) is 23.7. The van der Waals surface area contributed by atoms with Crippen molar-refractivity contribution in [2.75, 3.05) is 26.2 Å². The van der Waals surface area contributed by atoms with Crippen molar-refractivity contribution in [2.24, 2.45) is 40.4 Å². The van der Waals surface area contributed by atoms with E-state index in [1.807, 2.05) is 41.5 Å². The van der Waals surface area contributed by atoms with Crippen molar-refractivity contribution in [3.63, 3.8) is 0 Å². The van der Waals surface area contributed by atoms with E-state index in [0.29, 0.717) is 69.1 Å². The Labute approximate surface area is 307 Å². The number of unbranched alkanes of at least 4 members (excludes halogenated alkanes) is 1. The normalized spacial score (nSPS) is 30.8. The number of nitrogens with zero attached hydrogens (tertiary/aromatic N) is 1. The van der Waals surface area contributed by atoms with Crippen molar-refractivity contribution in [1.82, 2.24) is 15.5 Å². The van der Waals surface area contributed by atoms with Gasteiger partial charge in [-0.2, -0.15) is 0 Å². The number of fused-ring (bicyclic) bond motifs is 5. The van der Waals surface area contributed by atoms with Crippen LogP contribution >= 0.6 is 0 Å². The summed E-state index contributed by atoms with van der Waals surface area (Å²) in [7, 11) is 0. The predicted octanol–water partition coefficient (Wildman–Crippen LogP) is 8.18. The van der Waals surface area contributed by atoms with E-state index in [9.17, 15) is 19.2 Å². The Kier molecular flexibility index (Phi) is 13.2. The van der Waals surface area contributed by atoms with E-state index < -0.39 is 17.3 Å². The van der Waals surface area contributed by atoms with Crippen LogP contribution in [0.2, 0.25) is 0 Å². The van der Waals surface area contributed by atoms with Crippen LogP contribution in [-0.4, -0.2) is 72.4 Å². The van der Waals surface area contributed by atoms with Crippen LogP contribution in [0.1, 0.15) is 140 Å². The molecule has 3 fully saturated rings. The zero-order valence-corrected chi connectivity index (χ0v) is 33.5. The van der Waals surface area contributed by atoms with Crippen LogP contribution in [-0.2, 0) is 23.8 Å². The number of carbonyl (C=O) groups is 4. The minimum atomic E-state index is -0.607. The molecule has 3 amide bonds. The first kappa shape index (κ1) is 41.0. The number of alkyl carbamates (subject to hydrolysis) is 1. The van der Waals surface area contributed by atoms with E-state index in [-0.39, 0.29) is 40.8 Å². The molecule has 0 spiro atoms. The number of allylic oxidation sites excluding steroid dienone is 1. The number of carbonyl (C=O) groups excluding carboxylic acids is 4. The van der Waals surface area contributed by atoms with Crippen LogP contribution in [0.25, 0.3) is 0 Å². The summed E-state index contributed by atoms with van der Waals surface area (Å²) in [5.74, 6) is 2.15. The second-order valence-electron chi connectivity index (χ2n) is 18.5. The predicted molar refractivity (Wildman–Crippen MR) is 199 cm³/mol. The maximum Gasteiger partial charge on any atom is 0.410 e. The minimum absolute atomic E-state index is 0.0163. The van der Waals surface area contributed by atoms with Crippen LogP contribution in [0.4, 0.5) is 9.59 Å². The summed E-state index contributed by atoms with van der Waals surface area (Å²) in [6, 6.07) is 0. The van der Waals surface area contributed by atoms with Gasteiger partial charge >= 0.3 is 18.2 Å². The molecule has 8 atom stereocenters. The molecule has 4 rings (SSSR count). The Morgan fingerprint density at radius 3 is 2.20 bits per heavy atom. The fourth-order valence-corrected chi connectivity index (χ4v) is 10.2. The fourth-order valence-electron chi connectivity index (χ4n) is 10.2. The van der Waals surface area contributed by atoms with Gasteiger partial charge in [0.2, 0.25) is 5.91 Å². The third-order valence-corrected chi connectivity index (χ3v) is 12.6. The Hall–Kier alpha value is -2.78. The highest BCUT2D eigenvalue weighted by atomic mass is 16.6. The first-order valence-corrected chi connectivity index (χ1v) is 19.8. The van der Waals surface area contributed by atoms with Gasteiger partial charge in [0.05, 0.1) is 0 Å². The molecule has 1 unspecified atom stereocenters. The molecule has 4 aliphatic rings. The van der Waals surface area contributed by atoms with Crippen LogP contribution < -0.4 is 10.6 Å².